The first-order valence-electron chi connectivity index (χ1n) is 7.38. The van der Waals surface area contributed by atoms with E-state index in [0.717, 1.165) is 19.3 Å². The van der Waals surface area contributed by atoms with Crippen LogP contribution in [0.25, 0.3) is 0 Å². The van der Waals surface area contributed by atoms with E-state index in [1.807, 2.05) is 4.90 Å². The van der Waals surface area contributed by atoms with Gasteiger partial charge in [0.05, 0.1) is 11.4 Å². The fourth-order valence-electron chi connectivity index (χ4n) is 2.97. The third-order valence-electron chi connectivity index (χ3n) is 4.20. The van der Waals surface area contributed by atoms with Crippen molar-refractivity contribution in [1.29, 1.82) is 5.41 Å². The molecular formula is C15H20N4O2S. The van der Waals surface area contributed by atoms with Crippen LogP contribution in [0.4, 0.5) is 5.69 Å². The van der Waals surface area contributed by atoms with E-state index >= 15 is 0 Å². The Morgan fingerprint density at radius 3 is 2.50 bits per heavy atom. The SMILES string of the molecule is N=C1N(C2CC=CCC2)CCN1S(=O)(=O)c1ccc(N)cc1. The molecule has 1 aliphatic heterocycles. The Kier molecular flexibility index (Phi) is 3.82. The first-order valence-corrected chi connectivity index (χ1v) is 8.82. The number of hydrogen-bond acceptors (Lipinski definition) is 4. The van der Waals surface area contributed by atoms with Crippen LogP contribution in [0, 0.1) is 5.41 Å². The first kappa shape index (κ1) is 14.9. The number of nitrogens with zero attached hydrogens (tertiary/aromatic N) is 2. The van der Waals surface area contributed by atoms with Gasteiger partial charge in [-0.15, -0.1) is 0 Å². The number of anilines is 1. The van der Waals surface area contributed by atoms with Crippen molar-refractivity contribution in [3.63, 3.8) is 0 Å². The second-order valence-electron chi connectivity index (χ2n) is 5.60. The number of nitrogens with two attached hydrogens (primary N) is 1. The molecule has 0 amide bonds. The van der Waals surface area contributed by atoms with E-state index < -0.39 is 10.0 Å². The van der Waals surface area contributed by atoms with Crippen molar-refractivity contribution in [2.24, 2.45) is 0 Å². The quantitative estimate of drug-likeness (QED) is 0.654. The lowest BCUT2D eigenvalue weighted by Crippen LogP contribution is -2.42. The average Bonchev–Trinajstić information content (AvgIpc) is 2.91. The van der Waals surface area contributed by atoms with Crippen LogP contribution < -0.4 is 5.73 Å². The fourth-order valence-corrected chi connectivity index (χ4v) is 4.36. The normalized spacial score (nSPS) is 22.4. The number of nitrogens with one attached hydrogen (secondary N) is 1. The Morgan fingerprint density at radius 1 is 1.14 bits per heavy atom. The summed E-state index contributed by atoms with van der Waals surface area (Å²) in [7, 11) is -3.68. The van der Waals surface area contributed by atoms with Crippen LogP contribution in [0.3, 0.4) is 0 Å². The third-order valence-corrected chi connectivity index (χ3v) is 6.01. The molecule has 1 atom stereocenters. The number of sulfonamides is 1. The molecular weight excluding hydrogens is 300 g/mol. The molecule has 0 radical (unpaired) electrons. The van der Waals surface area contributed by atoms with Gasteiger partial charge >= 0.3 is 0 Å². The van der Waals surface area contributed by atoms with E-state index in [-0.39, 0.29) is 16.9 Å². The van der Waals surface area contributed by atoms with Crippen molar-refractivity contribution in [2.45, 2.75) is 30.2 Å². The van der Waals surface area contributed by atoms with Gasteiger partial charge in [0.2, 0.25) is 5.96 Å². The molecule has 0 bridgehead atoms. The molecule has 0 spiro atoms. The number of benzene rings is 1. The van der Waals surface area contributed by atoms with E-state index in [0.29, 0.717) is 18.8 Å². The summed E-state index contributed by atoms with van der Waals surface area (Å²) in [6.07, 6.45) is 7.07. The van der Waals surface area contributed by atoms with Gasteiger partial charge in [-0.2, -0.15) is 0 Å². The molecule has 118 valence electrons. The summed E-state index contributed by atoms with van der Waals surface area (Å²) in [6, 6.07) is 6.34. The molecule has 1 unspecified atom stereocenters. The summed E-state index contributed by atoms with van der Waals surface area (Å²) in [5.41, 5.74) is 6.12. The number of rotatable bonds is 3. The molecule has 0 saturated carbocycles. The van der Waals surface area contributed by atoms with Crippen LogP contribution in [0.2, 0.25) is 0 Å². The predicted octanol–water partition coefficient (Wildman–Crippen LogP) is 1.62. The second kappa shape index (κ2) is 5.64. The van der Waals surface area contributed by atoms with Gasteiger partial charge in [0.1, 0.15) is 0 Å². The highest BCUT2D eigenvalue weighted by atomic mass is 32.2. The van der Waals surface area contributed by atoms with Gasteiger partial charge in [-0.3, -0.25) is 5.41 Å². The van der Waals surface area contributed by atoms with Gasteiger partial charge in [0, 0.05) is 18.3 Å². The van der Waals surface area contributed by atoms with Gasteiger partial charge in [0.15, 0.2) is 0 Å². The number of allylic oxidation sites excluding steroid dienone is 1. The van der Waals surface area contributed by atoms with Crippen molar-refractivity contribution in [2.75, 3.05) is 18.8 Å². The fraction of sp³-hybridized carbons (Fsp3) is 0.400. The second-order valence-corrected chi connectivity index (χ2v) is 7.46. The van der Waals surface area contributed by atoms with Gasteiger partial charge in [0.25, 0.3) is 10.0 Å². The van der Waals surface area contributed by atoms with Gasteiger partial charge in [-0.1, -0.05) is 12.2 Å². The monoisotopic (exact) mass is 320 g/mol. The highest BCUT2D eigenvalue weighted by Crippen LogP contribution is 2.26. The lowest BCUT2D eigenvalue weighted by Gasteiger charge is -2.30. The maximum absolute atomic E-state index is 12.7. The van der Waals surface area contributed by atoms with Crippen LogP contribution in [-0.2, 0) is 10.0 Å². The van der Waals surface area contributed by atoms with Crippen LogP contribution in [0.15, 0.2) is 41.3 Å². The van der Waals surface area contributed by atoms with Crippen LogP contribution in [-0.4, -0.2) is 42.7 Å². The molecule has 1 fully saturated rings. The molecule has 1 saturated heterocycles. The van der Waals surface area contributed by atoms with Gasteiger partial charge in [-0.05, 0) is 43.5 Å². The summed E-state index contributed by atoms with van der Waals surface area (Å²) >= 11 is 0. The van der Waals surface area contributed by atoms with Crippen LogP contribution in [0.5, 0.6) is 0 Å². The zero-order valence-corrected chi connectivity index (χ0v) is 13.1. The lowest BCUT2D eigenvalue weighted by molar-refractivity contribution is 0.315. The molecule has 1 aromatic rings. The third kappa shape index (κ3) is 2.56. The Labute approximate surface area is 130 Å². The summed E-state index contributed by atoms with van der Waals surface area (Å²) in [4.78, 5) is 2.08. The minimum atomic E-state index is -3.68. The molecule has 3 N–H and O–H groups in total. The van der Waals surface area contributed by atoms with Crippen molar-refractivity contribution in [1.82, 2.24) is 9.21 Å². The summed E-state index contributed by atoms with van der Waals surface area (Å²) in [6.45, 7) is 0.900. The molecule has 1 heterocycles. The topological polar surface area (TPSA) is 90.5 Å². The Hall–Kier alpha value is -2.02. The van der Waals surface area contributed by atoms with E-state index in [2.05, 4.69) is 12.2 Å². The maximum Gasteiger partial charge on any atom is 0.266 e. The molecule has 22 heavy (non-hydrogen) atoms. The number of hydrogen-bond donors (Lipinski definition) is 2. The molecule has 7 heteroatoms. The molecule has 1 aromatic carbocycles. The molecule has 0 aromatic heterocycles. The smallest absolute Gasteiger partial charge is 0.266 e. The van der Waals surface area contributed by atoms with E-state index in [9.17, 15) is 8.42 Å². The minimum Gasteiger partial charge on any atom is -0.399 e. The summed E-state index contributed by atoms with van der Waals surface area (Å²) < 4.78 is 26.6. The number of guanidine groups is 1. The Balaban J connectivity index is 1.82. The molecule has 2 aliphatic rings. The van der Waals surface area contributed by atoms with E-state index in [4.69, 9.17) is 11.1 Å². The van der Waals surface area contributed by atoms with Gasteiger partial charge < -0.3 is 10.6 Å². The Bertz CT molecular complexity index is 697. The summed E-state index contributed by atoms with van der Waals surface area (Å²) in [5, 5.41) is 8.27. The maximum atomic E-state index is 12.7. The zero-order valence-electron chi connectivity index (χ0n) is 12.3. The van der Waals surface area contributed by atoms with E-state index in [1.54, 1.807) is 12.1 Å². The largest absolute Gasteiger partial charge is 0.399 e. The van der Waals surface area contributed by atoms with E-state index in [1.165, 1.54) is 16.4 Å². The average molecular weight is 320 g/mol. The highest BCUT2D eigenvalue weighted by molar-refractivity contribution is 7.89. The highest BCUT2D eigenvalue weighted by Gasteiger charge is 2.37. The Morgan fingerprint density at radius 2 is 1.86 bits per heavy atom. The zero-order chi connectivity index (χ0) is 15.7. The predicted molar refractivity (Wildman–Crippen MR) is 86.0 cm³/mol. The molecule has 1 aliphatic carbocycles. The van der Waals surface area contributed by atoms with Crippen molar-refractivity contribution < 1.29 is 8.42 Å². The minimum absolute atomic E-state index is 0.0807. The van der Waals surface area contributed by atoms with Crippen LogP contribution in [0.1, 0.15) is 19.3 Å². The van der Waals surface area contributed by atoms with Crippen molar-refractivity contribution in [3.05, 3.63) is 36.4 Å². The lowest BCUT2D eigenvalue weighted by atomic mass is 10.0. The van der Waals surface area contributed by atoms with Crippen molar-refractivity contribution >= 4 is 21.7 Å². The van der Waals surface area contributed by atoms with Gasteiger partial charge in [-0.25, -0.2) is 12.7 Å². The van der Waals surface area contributed by atoms with Crippen molar-refractivity contribution in [3.8, 4) is 0 Å². The van der Waals surface area contributed by atoms with Crippen LogP contribution >= 0.6 is 0 Å². The number of nitrogen functional groups attached to an aromatic ring is 1. The summed E-state index contributed by atoms with van der Waals surface area (Å²) in [5.74, 6) is 0.0807. The standard InChI is InChI=1S/C15H20N4O2S/c16-12-6-8-14(9-7-12)22(20,21)19-11-10-18(15(19)17)13-4-2-1-3-5-13/h1-2,6-9,13,17H,3-5,10-11,16H2. The molecule has 6 nitrogen and oxygen atoms in total. The molecule has 3 rings (SSSR count). The first-order chi connectivity index (χ1) is 10.5.